The normalized spacial score (nSPS) is 13.0. The topological polar surface area (TPSA) is 0 Å². The molecule has 134 valence electrons. The predicted octanol–water partition coefficient (Wildman–Crippen LogP) is 6.39. The summed E-state index contributed by atoms with van der Waals surface area (Å²) in [6, 6.07) is 39.8. The first-order valence-corrected chi connectivity index (χ1v) is 11.1. The summed E-state index contributed by atoms with van der Waals surface area (Å²) in [6.07, 6.45) is 4.55. The maximum absolute atomic E-state index is 2.31. The molecule has 0 N–H and O–H groups in total. The van der Waals surface area contributed by atoms with E-state index in [2.05, 4.69) is 121 Å². The molecule has 0 spiro atoms. The average molecular weight is 376 g/mol. The second-order valence-electron chi connectivity index (χ2n) is 7.03. The minimum atomic E-state index is -0.599. The van der Waals surface area contributed by atoms with Crippen LogP contribution in [0.2, 0.25) is 0 Å². The van der Waals surface area contributed by atoms with Gasteiger partial charge in [-0.3, -0.25) is 0 Å². The van der Waals surface area contributed by atoms with E-state index in [1.54, 1.807) is 0 Å². The van der Waals surface area contributed by atoms with Gasteiger partial charge in [0.15, 0.2) is 0 Å². The minimum absolute atomic E-state index is 0.321. The summed E-state index contributed by atoms with van der Waals surface area (Å²) < 4.78 is 0. The van der Waals surface area contributed by atoms with Crippen molar-refractivity contribution in [1.82, 2.24) is 0 Å². The van der Waals surface area contributed by atoms with Gasteiger partial charge < -0.3 is 0 Å². The van der Waals surface area contributed by atoms with Crippen LogP contribution in [0.5, 0.6) is 0 Å². The Hall–Kier alpha value is -2.95. The van der Waals surface area contributed by atoms with Gasteiger partial charge in [0.25, 0.3) is 0 Å². The van der Waals surface area contributed by atoms with Gasteiger partial charge in [-0.15, -0.1) is 0 Å². The second-order valence-corrected chi connectivity index (χ2v) is 9.32. The molecule has 5 rings (SSSR count). The lowest BCUT2D eigenvalue weighted by Gasteiger charge is -2.31. The quantitative estimate of drug-likeness (QED) is 0.363. The van der Waals surface area contributed by atoms with Gasteiger partial charge in [0.05, 0.1) is 0 Å². The summed E-state index contributed by atoms with van der Waals surface area (Å²) in [7, 11) is -0.599. The van der Waals surface area contributed by atoms with E-state index in [1.165, 1.54) is 32.9 Å². The fourth-order valence-electron chi connectivity index (χ4n) is 4.07. The number of hydrogen-bond acceptors (Lipinski definition) is 0. The first-order chi connectivity index (χ1) is 13.9. The molecule has 0 bridgehead atoms. The van der Waals surface area contributed by atoms with Gasteiger partial charge >= 0.3 is 0 Å². The Morgan fingerprint density at radius 2 is 0.821 bits per heavy atom. The molecule has 0 fully saturated rings. The van der Waals surface area contributed by atoms with Crippen LogP contribution in [0.25, 0.3) is 12.2 Å². The van der Waals surface area contributed by atoms with E-state index in [0.29, 0.717) is 5.66 Å². The maximum Gasteiger partial charge on any atom is 0.0384 e. The molecule has 0 unspecified atom stereocenters. The molecular formula is C27H21P. The zero-order valence-corrected chi connectivity index (χ0v) is 16.5. The fourth-order valence-corrected chi connectivity index (χ4v) is 6.98. The van der Waals surface area contributed by atoms with E-state index in [1.807, 2.05) is 0 Å². The van der Waals surface area contributed by atoms with Crippen molar-refractivity contribution in [1.29, 1.82) is 0 Å². The number of fused-ring (bicyclic) bond motifs is 2. The van der Waals surface area contributed by atoms with Gasteiger partial charge in [-0.25, -0.2) is 0 Å². The van der Waals surface area contributed by atoms with Crippen molar-refractivity contribution in [3.63, 3.8) is 0 Å². The molecule has 0 saturated heterocycles. The Morgan fingerprint density at radius 1 is 0.429 bits per heavy atom. The van der Waals surface area contributed by atoms with E-state index in [-0.39, 0.29) is 0 Å². The van der Waals surface area contributed by atoms with Gasteiger partial charge in [-0.05, 0) is 40.8 Å². The lowest BCUT2D eigenvalue weighted by molar-refractivity contribution is 1.14. The highest BCUT2D eigenvalue weighted by atomic mass is 31.1. The van der Waals surface area contributed by atoms with Crippen LogP contribution in [0.4, 0.5) is 0 Å². The van der Waals surface area contributed by atoms with Crippen LogP contribution in [-0.4, -0.2) is 0 Å². The molecule has 0 aromatic heterocycles. The summed E-state index contributed by atoms with van der Waals surface area (Å²) in [4.78, 5) is 0. The van der Waals surface area contributed by atoms with Gasteiger partial charge in [0.2, 0.25) is 0 Å². The third-order valence-electron chi connectivity index (χ3n) is 5.35. The van der Waals surface area contributed by atoms with Crippen molar-refractivity contribution >= 4 is 30.7 Å². The van der Waals surface area contributed by atoms with Crippen LogP contribution in [0, 0.1) is 0 Å². The zero-order chi connectivity index (χ0) is 18.8. The first-order valence-electron chi connectivity index (χ1n) is 9.67. The third kappa shape index (κ3) is 3.11. The largest absolute Gasteiger partial charge is 0.0622 e. The fraction of sp³-hybridized carbons (Fsp3) is 0.0370. The number of benzene rings is 4. The van der Waals surface area contributed by atoms with Crippen LogP contribution in [0.1, 0.15) is 27.9 Å². The van der Waals surface area contributed by atoms with E-state index in [0.717, 1.165) is 0 Å². The summed E-state index contributed by atoms with van der Waals surface area (Å²) in [5.74, 6) is 0. The molecule has 4 aromatic carbocycles. The molecule has 28 heavy (non-hydrogen) atoms. The van der Waals surface area contributed by atoms with Gasteiger partial charge in [0.1, 0.15) is 0 Å². The van der Waals surface area contributed by atoms with Crippen molar-refractivity contribution in [2.45, 2.75) is 5.66 Å². The highest BCUT2D eigenvalue weighted by Gasteiger charge is 2.31. The molecule has 4 aromatic rings. The molecule has 1 heteroatoms. The standard InChI is InChI=1S/C27H21P/c1-3-13-23(14-4-1)28(24-15-5-2-6-16-24)27-25-17-9-7-11-21(25)19-20-22-12-8-10-18-26(22)27/h1-20,27H. The molecule has 0 radical (unpaired) electrons. The lowest BCUT2D eigenvalue weighted by atomic mass is 9.99. The Morgan fingerprint density at radius 3 is 1.29 bits per heavy atom. The Kier molecular flexibility index (Phi) is 4.65. The monoisotopic (exact) mass is 376 g/mol. The van der Waals surface area contributed by atoms with Gasteiger partial charge in [0, 0.05) is 5.66 Å². The molecule has 0 heterocycles. The SMILES string of the molecule is C1=Cc2ccccc2C(P(c2ccccc2)c2ccccc2)c2ccccc21. The molecular weight excluding hydrogens is 355 g/mol. The Balaban J connectivity index is 1.80. The summed E-state index contributed by atoms with van der Waals surface area (Å²) in [5, 5.41) is 2.83. The van der Waals surface area contributed by atoms with E-state index < -0.39 is 7.92 Å². The van der Waals surface area contributed by atoms with Crippen LogP contribution in [0.15, 0.2) is 109 Å². The van der Waals surface area contributed by atoms with Crippen LogP contribution < -0.4 is 10.6 Å². The maximum atomic E-state index is 2.31. The highest BCUT2D eigenvalue weighted by Crippen LogP contribution is 2.55. The lowest BCUT2D eigenvalue weighted by Crippen LogP contribution is -2.18. The van der Waals surface area contributed by atoms with Crippen molar-refractivity contribution in [3.8, 4) is 0 Å². The Bertz CT molecular complexity index is 1020. The van der Waals surface area contributed by atoms with Gasteiger partial charge in [-0.1, -0.05) is 121 Å². The molecule has 1 aliphatic rings. The van der Waals surface area contributed by atoms with E-state index in [4.69, 9.17) is 0 Å². The molecule has 0 amide bonds. The van der Waals surface area contributed by atoms with Crippen molar-refractivity contribution < 1.29 is 0 Å². The molecule has 0 atom stereocenters. The average Bonchev–Trinajstić information content (AvgIpc) is 2.93. The van der Waals surface area contributed by atoms with Crippen molar-refractivity contribution in [3.05, 3.63) is 131 Å². The summed E-state index contributed by atoms with van der Waals surface area (Å²) >= 11 is 0. The minimum Gasteiger partial charge on any atom is -0.0622 e. The first kappa shape index (κ1) is 17.2. The number of rotatable bonds is 3. The molecule has 0 nitrogen and oxygen atoms in total. The Labute approximate surface area is 168 Å². The van der Waals surface area contributed by atoms with Crippen molar-refractivity contribution in [2.75, 3.05) is 0 Å². The summed E-state index contributed by atoms with van der Waals surface area (Å²) in [5.41, 5.74) is 5.80. The molecule has 0 saturated carbocycles. The van der Waals surface area contributed by atoms with E-state index >= 15 is 0 Å². The second kappa shape index (κ2) is 7.58. The van der Waals surface area contributed by atoms with Crippen LogP contribution >= 0.6 is 7.92 Å². The van der Waals surface area contributed by atoms with Gasteiger partial charge in [-0.2, -0.15) is 0 Å². The van der Waals surface area contributed by atoms with Crippen LogP contribution in [-0.2, 0) is 0 Å². The number of hydrogen-bond donors (Lipinski definition) is 0. The molecule has 1 aliphatic carbocycles. The van der Waals surface area contributed by atoms with Crippen molar-refractivity contribution in [2.24, 2.45) is 0 Å². The molecule has 0 aliphatic heterocycles. The highest BCUT2D eigenvalue weighted by molar-refractivity contribution is 7.73. The summed E-state index contributed by atoms with van der Waals surface area (Å²) in [6.45, 7) is 0. The zero-order valence-electron chi connectivity index (χ0n) is 15.6. The van der Waals surface area contributed by atoms with E-state index in [9.17, 15) is 0 Å². The third-order valence-corrected chi connectivity index (χ3v) is 8.13. The smallest absolute Gasteiger partial charge is 0.0384 e. The van der Waals surface area contributed by atoms with Crippen LogP contribution in [0.3, 0.4) is 0 Å². The predicted molar refractivity (Wildman–Crippen MR) is 123 cm³/mol.